The SMILES string of the molecule is Cc1cc(N)cc(NC(C)c2ccc(Cl)cc2)c1. The van der Waals surface area contributed by atoms with Crippen LogP contribution in [-0.2, 0) is 0 Å². The molecule has 1 atom stereocenters. The summed E-state index contributed by atoms with van der Waals surface area (Å²) in [7, 11) is 0. The predicted molar refractivity (Wildman–Crippen MR) is 79.1 cm³/mol. The predicted octanol–water partition coefficient (Wildman–Crippen LogP) is 4.40. The second kappa shape index (κ2) is 5.32. The van der Waals surface area contributed by atoms with Gasteiger partial charge < -0.3 is 11.1 Å². The van der Waals surface area contributed by atoms with Gasteiger partial charge in [0.25, 0.3) is 0 Å². The lowest BCUT2D eigenvalue weighted by atomic mass is 10.1. The van der Waals surface area contributed by atoms with Crippen molar-refractivity contribution in [2.24, 2.45) is 0 Å². The van der Waals surface area contributed by atoms with Crippen LogP contribution < -0.4 is 11.1 Å². The summed E-state index contributed by atoms with van der Waals surface area (Å²) in [6.07, 6.45) is 0. The number of aryl methyl sites for hydroxylation is 1. The molecule has 1 unspecified atom stereocenters. The maximum Gasteiger partial charge on any atom is 0.0485 e. The smallest absolute Gasteiger partial charge is 0.0485 e. The topological polar surface area (TPSA) is 38.0 Å². The van der Waals surface area contributed by atoms with Gasteiger partial charge in [0.15, 0.2) is 0 Å². The highest BCUT2D eigenvalue weighted by Crippen LogP contribution is 2.23. The van der Waals surface area contributed by atoms with Crippen molar-refractivity contribution in [2.75, 3.05) is 11.1 Å². The molecule has 0 fully saturated rings. The van der Waals surface area contributed by atoms with Gasteiger partial charge in [-0.3, -0.25) is 0 Å². The minimum atomic E-state index is 0.212. The van der Waals surface area contributed by atoms with E-state index in [-0.39, 0.29) is 6.04 Å². The van der Waals surface area contributed by atoms with E-state index in [9.17, 15) is 0 Å². The van der Waals surface area contributed by atoms with Gasteiger partial charge in [0.05, 0.1) is 0 Å². The molecule has 0 aromatic heterocycles. The standard InChI is InChI=1S/C15H17ClN2/c1-10-7-14(17)9-15(8-10)18-11(2)12-3-5-13(16)6-4-12/h3-9,11,18H,17H2,1-2H3. The first-order valence-corrected chi connectivity index (χ1v) is 6.31. The number of anilines is 2. The zero-order chi connectivity index (χ0) is 13.1. The summed E-state index contributed by atoms with van der Waals surface area (Å²) < 4.78 is 0. The molecule has 2 aromatic rings. The van der Waals surface area contributed by atoms with Gasteiger partial charge in [-0.15, -0.1) is 0 Å². The highest BCUT2D eigenvalue weighted by molar-refractivity contribution is 6.30. The molecule has 0 spiro atoms. The van der Waals surface area contributed by atoms with Crippen molar-refractivity contribution in [1.29, 1.82) is 0 Å². The fraction of sp³-hybridized carbons (Fsp3) is 0.200. The Hall–Kier alpha value is -1.67. The van der Waals surface area contributed by atoms with Crippen molar-refractivity contribution in [2.45, 2.75) is 19.9 Å². The first-order valence-electron chi connectivity index (χ1n) is 5.94. The fourth-order valence-corrected chi connectivity index (χ4v) is 2.11. The van der Waals surface area contributed by atoms with Gasteiger partial charge in [-0.1, -0.05) is 23.7 Å². The molecule has 0 aliphatic heterocycles. The molecule has 0 aliphatic carbocycles. The maximum atomic E-state index is 5.88. The molecule has 2 nitrogen and oxygen atoms in total. The molecule has 0 heterocycles. The molecule has 2 aromatic carbocycles. The van der Waals surface area contributed by atoms with E-state index < -0.39 is 0 Å². The lowest BCUT2D eigenvalue weighted by Gasteiger charge is -2.16. The van der Waals surface area contributed by atoms with Gasteiger partial charge in [-0.05, 0) is 55.3 Å². The normalized spacial score (nSPS) is 12.2. The van der Waals surface area contributed by atoms with E-state index in [0.29, 0.717) is 0 Å². The van der Waals surface area contributed by atoms with Crippen molar-refractivity contribution in [3.8, 4) is 0 Å². The molecule has 0 aliphatic rings. The van der Waals surface area contributed by atoms with E-state index in [2.05, 4.69) is 18.3 Å². The number of hydrogen-bond donors (Lipinski definition) is 2. The number of benzene rings is 2. The van der Waals surface area contributed by atoms with Gasteiger partial charge in [0, 0.05) is 22.4 Å². The average molecular weight is 261 g/mol. The lowest BCUT2D eigenvalue weighted by molar-refractivity contribution is 0.885. The first kappa shape index (κ1) is 12.8. The second-order valence-electron chi connectivity index (χ2n) is 4.55. The Balaban J connectivity index is 2.15. The number of nitrogen functional groups attached to an aromatic ring is 1. The molecular weight excluding hydrogens is 244 g/mol. The quantitative estimate of drug-likeness (QED) is 0.803. The summed E-state index contributed by atoms with van der Waals surface area (Å²) in [4.78, 5) is 0. The zero-order valence-electron chi connectivity index (χ0n) is 10.6. The summed E-state index contributed by atoms with van der Waals surface area (Å²) in [5, 5.41) is 4.19. The summed E-state index contributed by atoms with van der Waals surface area (Å²) in [5.74, 6) is 0. The van der Waals surface area contributed by atoms with Crippen molar-refractivity contribution in [3.63, 3.8) is 0 Å². The Labute approximate surface area is 113 Å². The Morgan fingerprint density at radius 3 is 2.39 bits per heavy atom. The molecule has 0 bridgehead atoms. The zero-order valence-corrected chi connectivity index (χ0v) is 11.3. The summed E-state index contributed by atoms with van der Waals surface area (Å²) in [6, 6.07) is 14.1. The van der Waals surface area contributed by atoms with E-state index in [1.54, 1.807) is 0 Å². The summed E-state index contributed by atoms with van der Waals surface area (Å²) >= 11 is 5.88. The van der Waals surface area contributed by atoms with Crippen molar-refractivity contribution in [3.05, 3.63) is 58.6 Å². The number of hydrogen-bond acceptors (Lipinski definition) is 2. The molecule has 0 radical (unpaired) electrons. The Kier molecular flexibility index (Phi) is 3.78. The minimum absolute atomic E-state index is 0.212. The molecule has 18 heavy (non-hydrogen) atoms. The first-order chi connectivity index (χ1) is 8.54. The van der Waals surface area contributed by atoms with Crippen LogP contribution in [-0.4, -0.2) is 0 Å². The van der Waals surface area contributed by atoms with Gasteiger partial charge >= 0.3 is 0 Å². The molecule has 0 saturated carbocycles. The molecule has 0 amide bonds. The monoisotopic (exact) mass is 260 g/mol. The largest absolute Gasteiger partial charge is 0.399 e. The highest BCUT2D eigenvalue weighted by atomic mass is 35.5. The third-order valence-electron chi connectivity index (χ3n) is 2.85. The van der Waals surface area contributed by atoms with Crippen LogP contribution in [0.1, 0.15) is 24.1 Å². The van der Waals surface area contributed by atoms with E-state index in [1.807, 2.05) is 43.3 Å². The molecule has 3 heteroatoms. The van der Waals surface area contributed by atoms with Crippen LogP contribution in [0.3, 0.4) is 0 Å². The van der Waals surface area contributed by atoms with Crippen molar-refractivity contribution >= 4 is 23.0 Å². The van der Waals surface area contributed by atoms with E-state index in [0.717, 1.165) is 22.0 Å². The van der Waals surface area contributed by atoms with Crippen molar-refractivity contribution in [1.82, 2.24) is 0 Å². The number of rotatable bonds is 3. The van der Waals surface area contributed by atoms with E-state index in [4.69, 9.17) is 17.3 Å². The Morgan fingerprint density at radius 1 is 1.11 bits per heavy atom. The van der Waals surface area contributed by atoms with Crippen LogP contribution in [0.4, 0.5) is 11.4 Å². The van der Waals surface area contributed by atoms with Gasteiger partial charge in [-0.2, -0.15) is 0 Å². The Morgan fingerprint density at radius 2 is 1.78 bits per heavy atom. The van der Waals surface area contributed by atoms with E-state index >= 15 is 0 Å². The molecule has 94 valence electrons. The molecule has 2 rings (SSSR count). The average Bonchev–Trinajstić information content (AvgIpc) is 2.28. The van der Waals surface area contributed by atoms with Crippen LogP contribution in [0, 0.1) is 6.92 Å². The second-order valence-corrected chi connectivity index (χ2v) is 4.99. The summed E-state index contributed by atoms with van der Waals surface area (Å²) in [6.45, 7) is 4.15. The van der Waals surface area contributed by atoms with Crippen LogP contribution in [0.25, 0.3) is 0 Å². The maximum absolute atomic E-state index is 5.88. The third kappa shape index (κ3) is 3.17. The molecular formula is C15H17ClN2. The number of halogens is 1. The van der Waals surface area contributed by atoms with Crippen LogP contribution >= 0.6 is 11.6 Å². The van der Waals surface area contributed by atoms with Crippen molar-refractivity contribution < 1.29 is 0 Å². The number of nitrogens with two attached hydrogens (primary N) is 1. The highest BCUT2D eigenvalue weighted by Gasteiger charge is 2.05. The van der Waals surface area contributed by atoms with Gasteiger partial charge in [0.2, 0.25) is 0 Å². The molecule has 3 N–H and O–H groups in total. The third-order valence-corrected chi connectivity index (χ3v) is 3.10. The van der Waals surface area contributed by atoms with Gasteiger partial charge in [-0.25, -0.2) is 0 Å². The van der Waals surface area contributed by atoms with Crippen LogP contribution in [0.15, 0.2) is 42.5 Å². The van der Waals surface area contributed by atoms with Crippen LogP contribution in [0.5, 0.6) is 0 Å². The van der Waals surface area contributed by atoms with Gasteiger partial charge in [0.1, 0.15) is 0 Å². The summed E-state index contributed by atoms with van der Waals surface area (Å²) in [5.41, 5.74) is 10.00. The molecule has 0 saturated heterocycles. The fourth-order valence-electron chi connectivity index (χ4n) is 1.98. The minimum Gasteiger partial charge on any atom is -0.399 e. The lowest BCUT2D eigenvalue weighted by Crippen LogP contribution is -2.06. The Bertz CT molecular complexity index is 514. The van der Waals surface area contributed by atoms with Crippen LogP contribution in [0.2, 0.25) is 5.02 Å². The van der Waals surface area contributed by atoms with E-state index in [1.165, 1.54) is 5.56 Å². The number of nitrogens with one attached hydrogen (secondary N) is 1.